The minimum atomic E-state index is -3.35. The number of fused-ring (bicyclic) bond motifs is 1. The molecule has 0 bridgehead atoms. The van der Waals surface area contributed by atoms with E-state index in [1.165, 1.54) is 6.07 Å². The second kappa shape index (κ2) is 4.49. The molecule has 0 amide bonds. The molecule has 0 aliphatic carbocycles. The SMILES string of the molecule is CC(C)(CC1CS(=O)(=O)c2cccc(Cl)c21)C(=O)O. The van der Waals surface area contributed by atoms with Crippen LogP contribution in [0, 0.1) is 5.41 Å². The van der Waals surface area contributed by atoms with E-state index in [1.807, 2.05) is 0 Å². The van der Waals surface area contributed by atoms with Gasteiger partial charge in [0.15, 0.2) is 9.84 Å². The van der Waals surface area contributed by atoms with E-state index in [2.05, 4.69) is 0 Å². The van der Waals surface area contributed by atoms with Gasteiger partial charge in [-0.2, -0.15) is 0 Å². The molecule has 1 N–H and O–H groups in total. The summed E-state index contributed by atoms with van der Waals surface area (Å²) in [5, 5.41) is 9.56. The molecule has 2 rings (SSSR count). The molecule has 1 aromatic rings. The van der Waals surface area contributed by atoms with Gasteiger partial charge < -0.3 is 5.11 Å². The molecule has 1 unspecified atom stereocenters. The highest BCUT2D eigenvalue weighted by Gasteiger charge is 2.41. The maximum absolute atomic E-state index is 12.1. The molecule has 0 spiro atoms. The molecule has 0 fully saturated rings. The first kappa shape index (κ1) is 14.3. The first-order valence-electron chi connectivity index (χ1n) is 5.90. The van der Waals surface area contributed by atoms with Crippen LogP contribution in [-0.4, -0.2) is 25.2 Å². The number of hydrogen-bond acceptors (Lipinski definition) is 3. The Balaban J connectivity index is 2.46. The van der Waals surface area contributed by atoms with E-state index in [1.54, 1.807) is 26.0 Å². The summed E-state index contributed by atoms with van der Waals surface area (Å²) < 4.78 is 24.1. The summed E-state index contributed by atoms with van der Waals surface area (Å²) >= 11 is 6.09. The molecule has 1 aliphatic rings. The van der Waals surface area contributed by atoms with Gasteiger partial charge in [-0.1, -0.05) is 17.7 Å². The molecule has 1 aliphatic heterocycles. The Labute approximate surface area is 117 Å². The number of aliphatic carboxylic acids is 1. The summed E-state index contributed by atoms with van der Waals surface area (Å²) in [5.41, 5.74) is -0.417. The van der Waals surface area contributed by atoms with Crippen molar-refractivity contribution in [2.24, 2.45) is 5.41 Å². The predicted molar refractivity (Wildman–Crippen MR) is 72.3 cm³/mol. The summed E-state index contributed by atoms with van der Waals surface area (Å²) in [6.45, 7) is 3.19. The summed E-state index contributed by atoms with van der Waals surface area (Å²) in [5.74, 6) is -1.37. The minimum Gasteiger partial charge on any atom is -0.481 e. The highest BCUT2D eigenvalue weighted by atomic mass is 35.5. The zero-order valence-electron chi connectivity index (χ0n) is 10.7. The van der Waals surface area contributed by atoms with Crippen LogP contribution in [-0.2, 0) is 14.6 Å². The molecular weight excluding hydrogens is 288 g/mol. The molecule has 1 heterocycles. The highest BCUT2D eigenvalue weighted by Crippen LogP contribution is 2.44. The van der Waals surface area contributed by atoms with Crippen LogP contribution in [0.15, 0.2) is 23.1 Å². The molecule has 0 radical (unpaired) electrons. The van der Waals surface area contributed by atoms with Gasteiger partial charge >= 0.3 is 5.97 Å². The third kappa shape index (κ3) is 2.49. The minimum absolute atomic E-state index is 0.0667. The average Bonchev–Trinajstić information content (AvgIpc) is 2.51. The van der Waals surface area contributed by atoms with Crippen molar-refractivity contribution in [2.45, 2.75) is 31.1 Å². The molecular formula is C13H15ClO4S. The molecule has 19 heavy (non-hydrogen) atoms. The topological polar surface area (TPSA) is 71.4 Å². The molecule has 6 heteroatoms. The third-order valence-corrected chi connectivity index (χ3v) is 5.71. The molecule has 0 aromatic heterocycles. The van der Waals surface area contributed by atoms with E-state index in [9.17, 15) is 13.2 Å². The van der Waals surface area contributed by atoms with Crippen molar-refractivity contribution in [3.8, 4) is 0 Å². The fraction of sp³-hybridized carbons (Fsp3) is 0.462. The fourth-order valence-electron chi connectivity index (χ4n) is 2.49. The zero-order valence-corrected chi connectivity index (χ0v) is 12.3. The monoisotopic (exact) mass is 302 g/mol. The van der Waals surface area contributed by atoms with Gasteiger partial charge in [-0.05, 0) is 38.0 Å². The van der Waals surface area contributed by atoms with E-state index in [4.69, 9.17) is 16.7 Å². The number of carboxylic acid groups (broad SMARTS) is 1. The van der Waals surface area contributed by atoms with E-state index in [0.29, 0.717) is 10.6 Å². The summed E-state index contributed by atoms with van der Waals surface area (Å²) in [6.07, 6.45) is 0.248. The summed E-state index contributed by atoms with van der Waals surface area (Å²) in [4.78, 5) is 11.4. The van der Waals surface area contributed by atoms with Crippen LogP contribution >= 0.6 is 11.6 Å². The fourth-order valence-corrected chi connectivity index (χ4v) is 4.76. The Kier molecular flexibility index (Phi) is 3.39. The molecule has 1 aromatic carbocycles. The van der Waals surface area contributed by atoms with Crippen molar-refractivity contribution in [3.63, 3.8) is 0 Å². The van der Waals surface area contributed by atoms with Crippen LogP contribution in [0.25, 0.3) is 0 Å². The predicted octanol–water partition coefficient (Wildman–Crippen LogP) is 2.71. The smallest absolute Gasteiger partial charge is 0.309 e. The van der Waals surface area contributed by atoms with Crippen LogP contribution in [0.3, 0.4) is 0 Å². The first-order chi connectivity index (χ1) is 8.65. The van der Waals surface area contributed by atoms with Gasteiger partial charge in [0.2, 0.25) is 0 Å². The Morgan fingerprint density at radius 2 is 2.11 bits per heavy atom. The van der Waals surface area contributed by atoms with Gasteiger partial charge in [-0.3, -0.25) is 4.79 Å². The number of halogens is 1. The summed E-state index contributed by atoms with van der Waals surface area (Å²) in [6, 6.07) is 4.77. The van der Waals surface area contributed by atoms with Crippen molar-refractivity contribution in [3.05, 3.63) is 28.8 Å². The molecule has 104 valence electrons. The van der Waals surface area contributed by atoms with Crippen molar-refractivity contribution >= 4 is 27.4 Å². The Morgan fingerprint density at radius 1 is 1.47 bits per heavy atom. The van der Waals surface area contributed by atoms with E-state index in [0.717, 1.165) is 0 Å². The van der Waals surface area contributed by atoms with E-state index < -0.39 is 21.2 Å². The van der Waals surface area contributed by atoms with Crippen LogP contribution < -0.4 is 0 Å². The Bertz CT molecular complexity index is 634. The maximum Gasteiger partial charge on any atom is 0.309 e. The van der Waals surface area contributed by atoms with Gasteiger partial charge in [0, 0.05) is 10.9 Å². The Morgan fingerprint density at radius 3 is 2.68 bits per heavy atom. The lowest BCUT2D eigenvalue weighted by Gasteiger charge is -2.23. The van der Waals surface area contributed by atoms with Crippen LogP contribution in [0.4, 0.5) is 0 Å². The number of carboxylic acids is 1. The normalized spacial score (nSPS) is 21.1. The second-order valence-corrected chi connectivity index (χ2v) is 7.93. The number of sulfone groups is 1. The van der Waals surface area contributed by atoms with Crippen LogP contribution in [0.5, 0.6) is 0 Å². The van der Waals surface area contributed by atoms with E-state index in [-0.39, 0.29) is 23.0 Å². The van der Waals surface area contributed by atoms with Crippen molar-refractivity contribution in [1.29, 1.82) is 0 Å². The van der Waals surface area contributed by atoms with E-state index >= 15 is 0 Å². The molecule has 1 atom stereocenters. The first-order valence-corrected chi connectivity index (χ1v) is 7.93. The molecule has 0 saturated heterocycles. The highest BCUT2D eigenvalue weighted by molar-refractivity contribution is 7.91. The maximum atomic E-state index is 12.1. The van der Waals surface area contributed by atoms with Crippen LogP contribution in [0.2, 0.25) is 5.02 Å². The van der Waals surface area contributed by atoms with Crippen molar-refractivity contribution < 1.29 is 18.3 Å². The largest absolute Gasteiger partial charge is 0.481 e. The van der Waals surface area contributed by atoms with Crippen LogP contribution in [0.1, 0.15) is 31.7 Å². The second-order valence-electron chi connectivity index (χ2n) is 5.52. The number of hydrogen-bond donors (Lipinski definition) is 1. The van der Waals surface area contributed by atoms with Gasteiger partial charge in [0.1, 0.15) is 0 Å². The quantitative estimate of drug-likeness (QED) is 0.932. The lowest BCUT2D eigenvalue weighted by atomic mass is 9.81. The number of carbonyl (C=O) groups is 1. The molecule has 0 saturated carbocycles. The average molecular weight is 303 g/mol. The lowest BCUT2D eigenvalue weighted by Crippen LogP contribution is -2.26. The van der Waals surface area contributed by atoms with Gasteiger partial charge in [-0.15, -0.1) is 0 Å². The van der Waals surface area contributed by atoms with Crippen molar-refractivity contribution in [1.82, 2.24) is 0 Å². The van der Waals surface area contributed by atoms with Gasteiger partial charge in [0.25, 0.3) is 0 Å². The standard InChI is InChI=1S/C13H15ClO4S/c1-13(2,12(15)16)6-8-7-19(17,18)10-5-3-4-9(14)11(8)10/h3-5,8H,6-7H2,1-2H3,(H,15,16). The van der Waals surface area contributed by atoms with Gasteiger partial charge in [-0.25, -0.2) is 8.42 Å². The van der Waals surface area contributed by atoms with Crippen molar-refractivity contribution in [2.75, 3.05) is 5.75 Å². The Hall–Kier alpha value is -1.07. The third-order valence-electron chi connectivity index (χ3n) is 3.51. The number of benzene rings is 1. The zero-order chi connectivity index (χ0) is 14.4. The molecule has 4 nitrogen and oxygen atoms in total. The lowest BCUT2D eigenvalue weighted by molar-refractivity contribution is -0.147. The number of rotatable bonds is 3. The van der Waals surface area contributed by atoms with Gasteiger partial charge in [0.05, 0.1) is 16.1 Å². The summed E-state index contributed by atoms with van der Waals surface area (Å²) in [7, 11) is -3.35.